The number of amides is 1. The number of rotatable bonds is 5. The van der Waals surface area contributed by atoms with Gasteiger partial charge in [0.15, 0.2) is 12.3 Å². The van der Waals surface area contributed by atoms with Gasteiger partial charge in [-0.1, -0.05) is 0 Å². The quantitative estimate of drug-likeness (QED) is 0.806. The predicted molar refractivity (Wildman–Crippen MR) is 79.3 cm³/mol. The summed E-state index contributed by atoms with van der Waals surface area (Å²) in [6, 6.07) is 2.31. The van der Waals surface area contributed by atoms with Gasteiger partial charge in [0.1, 0.15) is 12.0 Å². The van der Waals surface area contributed by atoms with Crippen LogP contribution in [-0.4, -0.2) is 40.2 Å². The number of carbonyl (C=O) groups excluding carboxylic acids is 1. The fourth-order valence-corrected chi connectivity index (χ4v) is 2.98. The van der Waals surface area contributed by atoms with Gasteiger partial charge >= 0.3 is 6.36 Å². The SMILES string of the molecule is O=C(c1coc(COc2ccc(OC(F)(F)F)nc2)n1)N1CC2CC2C1. The molecular formula is C16H14F3N3O4. The van der Waals surface area contributed by atoms with E-state index >= 15 is 0 Å². The van der Waals surface area contributed by atoms with Gasteiger partial charge in [0.2, 0.25) is 11.8 Å². The van der Waals surface area contributed by atoms with Crippen LogP contribution in [-0.2, 0) is 6.61 Å². The highest BCUT2D eigenvalue weighted by Crippen LogP contribution is 2.45. The zero-order valence-electron chi connectivity index (χ0n) is 13.4. The third kappa shape index (κ3) is 3.73. The summed E-state index contributed by atoms with van der Waals surface area (Å²) >= 11 is 0. The Labute approximate surface area is 145 Å². The second-order valence-corrected chi connectivity index (χ2v) is 6.26. The van der Waals surface area contributed by atoms with E-state index in [-0.39, 0.29) is 29.8 Å². The normalized spacial score (nSPS) is 21.4. The Hall–Kier alpha value is -2.78. The number of halogens is 3. The summed E-state index contributed by atoms with van der Waals surface area (Å²) in [4.78, 5) is 21.7. The van der Waals surface area contributed by atoms with Crippen LogP contribution in [0.25, 0.3) is 0 Å². The zero-order chi connectivity index (χ0) is 18.3. The first-order chi connectivity index (χ1) is 12.4. The molecule has 1 aliphatic carbocycles. The van der Waals surface area contributed by atoms with Gasteiger partial charge in [-0.25, -0.2) is 9.97 Å². The molecule has 3 heterocycles. The molecular weight excluding hydrogens is 355 g/mol. The monoisotopic (exact) mass is 369 g/mol. The van der Waals surface area contributed by atoms with Crippen LogP contribution in [0.1, 0.15) is 22.8 Å². The van der Waals surface area contributed by atoms with Crippen LogP contribution in [0.2, 0.25) is 0 Å². The van der Waals surface area contributed by atoms with Crippen LogP contribution in [0, 0.1) is 11.8 Å². The van der Waals surface area contributed by atoms with Crippen molar-refractivity contribution in [3.63, 3.8) is 0 Å². The Balaban J connectivity index is 1.31. The van der Waals surface area contributed by atoms with Crippen molar-refractivity contribution in [1.82, 2.24) is 14.9 Å². The lowest BCUT2D eigenvalue weighted by atomic mass is 10.3. The number of pyridine rings is 1. The summed E-state index contributed by atoms with van der Waals surface area (Å²) < 4.78 is 50.4. The van der Waals surface area contributed by atoms with E-state index < -0.39 is 12.2 Å². The van der Waals surface area contributed by atoms with Gasteiger partial charge in [-0.3, -0.25) is 4.79 Å². The van der Waals surface area contributed by atoms with Crippen molar-refractivity contribution in [3.05, 3.63) is 36.2 Å². The van der Waals surface area contributed by atoms with Gasteiger partial charge in [0.25, 0.3) is 5.91 Å². The van der Waals surface area contributed by atoms with Gasteiger partial charge in [-0.15, -0.1) is 13.2 Å². The smallest absolute Gasteiger partial charge is 0.482 e. The Bertz CT molecular complexity index is 796. The summed E-state index contributed by atoms with van der Waals surface area (Å²) in [5, 5.41) is 0. The summed E-state index contributed by atoms with van der Waals surface area (Å²) in [5.41, 5.74) is 0.219. The number of oxazole rings is 1. The van der Waals surface area contributed by atoms with E-state index in [2.05, 4.69) is 14.7 Å². The molecule has 1 saturated heterocycles. The van der Waals surface area contributed by atoms with Crippen LogP contribution in [0.3, 0.4) is 0 Å². The molecule has 0 bridgehead atoms. The molecule has 1 amide bonds. The number of alkyl halides is 3. The molecule has 2 unspecified atom stereocenters. The number of hydrogen-bond donors (Lipinski definition) is 0. The number of fused-ring (bicyclic) bond motifs is 1. The van der Waals surface area contributed by atoms with Crippen molar-refractivity contribution < 1.29 is 31.9 Å². The van der Waals surface area contributed by atoms with E-state index in [1.807, 2.05) is 0 Å². The highest BCUT2D eigenvalue weighted by molar-refractivity contribution is 5.92. The largest absolute Gasteiger partial charge is 0.574 e. The van der Waals surface area contributed by atoms with Crippen LogP contribution in [0.15, 0.2) is 29.0 Å². The minimum Gasteiger partial charge on any atom is -0.482 e. The van der Waals surface area contributed by atoms with Crippen molar-refractivity contribution in [2.45, 2.75) is 19.4 Å². The van der Waals surface area contributed by atoms with Gasteiger partial charge in [0, 0.05) is 19.2 Å². The number of aromatic nitrogens is 2. The van der Waals surface area contributed by atoms with E-state index in [0.717, 1.165) is 25.4 Å². The van der Waals surface area contributed by atoms with Crippen molar-refractivity contribution in [2.75, 3.05) is 13.1 Å². The molecule has 2 aliphatic rings. The fourth-order valence-electron chi connectivity index (χ4n) is 2.98. The minimum atomic E-state index is -4.80. The van der Waals surface area contributed by atoms with E-state index in [4.69, 9.17) is 9.15 Å². The Morgan fingerprint density at radius 3 is 2.73 bits per heavy atom. The van der Waals surface area contributed by atoms with Crippen LogP contribution < -0.4 is 9.47 Å². The van der Waals surface area contributed by atoms with Gasteiger partial charge < -0.3 is 18.8 Å². The second-order valence-electron chi connectivity index (χ2n) is 6.26. The Kier molecular flexibility index (Phi) is 3.97. The summed E-state index contributed by atoms with van der Waals surface area (Å²) in [5.74, 6) is 0.912. The first kappa shape index (κ1) is 16.7. The summed E-state index contributed by atoms with van der Waals surface area (Å²) in [6.45, 7) is 1.44. The average Bonchev–Trinajstić information content (AvgIpc) is 2.99. The van der Waals surface area contributed by atoms with Crippen LogP contribution in [0.5, 0.6) is 11.6 Å². The number of carbonyl (C=O) groups is 1. The van der Waals surface area contributed by atoms with Crippen LogP contribution in [0.4, 0.5) is 13.2 Å². The molecule has 1 saturated carbocycles. The lowest BCUT2D eigenvalue weighted by molar-refractivity contribution is -0.276. The second kappa shape index (κ2) is 6.19. The number of likely N-dealkylation sites (tertiary alicyclic amines) is 1. The van der Waals surface area contributed by atoms with Crippen molar-refractivity contribution in [3.8, 4) is 11.6 Å². The molecule has 2 fully saturated rings. The maximum Gasteiger partial charge on any atom is 0.574 e. The third-order valence-corrected chi connectivity index (χ3v) is 4.33. The standard InChI is InChI=1S/C16H14F3N3O4/c17-16(18,19)26-13-2-1-11(4-20-13)24-8-14-21-12(7-25-14)15(23)22-5-9-3-10(9)6-22/h1-2,4,7,9-10H,3,5-6,8H2. The van der Waals surface area contributed by atoms with Crippen molar-refractivity contribution >= 4 is 5.91 Å². The van der Waals surface area contributed by atoms with E-state index in [1.54, 1.807) is 4.90 Å². The molecule has 1 aliphatic heterocycles. The van der Waals surface area contributed by atoms with E-state index in [9.17, 15) is 18.0 Å². The molecule has 138 valence electrons. The lowest BCUT2D eigenvalue weighted by Gasteiger charge is -2.15. The number of hydrogen-bond acceptors (Lipinski definition) is 6. The molecule has 10 heteroatoms. The number of piperidine rings is 1. The first-order valence-corrected chi connectivity index (χ1v) is 7.95. The molecule has 0 radical (unpaired) electrons. The maximum atomic E-state index is 12.3. The van der Waals surface area contributed by atoms with Gasteiger partial charge in [0.05, 0.1) is 6.20 Å². The molecule has 4 rings (SSSR count). The topological polar surface area (TPSA) is 77.7 Å². The third-order valence-electron chi connectivity index (χ3n) is 4.33. The maximum absolute atomic E-state index is 12.3. The Morgan fingerprint density at radius 2 is 2.08 bits per heavy atom. The van der Waals surface area contributed by atoms with Crippen molar-refractivity contribution in [2.24, 2.45) is 11.8 Å². The number of nitrogens with zero attached hydrogens (tertiary/aromatic N) is 3. The van der Waals surface area contributed by atoms with Gasteiger partial charge in [-0.2, -0.15) is 0 Å². The molecule has 7 nitrogen and oxygen atoms in total. The highest BCUT2D eigenvalue weighted by Gasteiger charge is 2.47. The molecule has 0 spiro atoms. The van der Waals surface area contributed by atoms with Gasteiger partial charge in [-0.05, 0) is 24.3 Å². The van der Waals surface area contributed by atoms with Crippen LogP contribution >= 0.6 is 0 Å². The molecule has 0 N–H and O–H groups in total. The minimum absolute atomic E-state index is 0.0836. The molecule has 2 aromatic rings. The van der Waals surface area contributed by atoms with E-state index in [1.165, 1.54) is 18.8 Å². The zero-order valence-corrected chi connectivity index (χ0v) is 13.4. The summed E-state index contributed by atoms with van der Waals surface area (Å²) in [6.07, 6.45) is -1.23. The summed E-state index contributed by atoms with van der Waals surface area (Å²) in [7, 11) is 0. The average molecular weight is 369 g/mol. The highest BCUT2D eigenvalue weighted by atomic mass is 19.4. The molecule has 2 aromatic heterocycles. The van der Waals surface area contributed by atoms with E-state index in [0.29, 0.717) is 11.8 Å². The lowest BCUT2D eigenvalue weighted by Crippen LogP contribution is -2.30. The molecule has 0 aromatic carbocycles. The molecule has 26 heavy (non-hydrogen) atoms. The number of ether oxygens (including phenoxy) is 2. The predicted octanol–water partition coefficient (Wildman–Crippen LogP) is 2.64. The first-order valence-electron chi connectivity index (χ1n) is 7.95. The molecule has 2 atom stereocenters. The Morgan fingerprint density at radius 1 is 1.31 bits per heavy atom. The van der Waals surface area contributed by atoms with Crippen molar-refractivity contribution in [1.29, 1.82) is 0 Å². The fraction of sp³-hybridized carbons (Fsp3) is 0.438.